The van der Waals surface area contributed by atoms with E-state index >= 15 is 0 Å². The van der Waals surface area contributed by atoms with E-state index in [-0.39, 0.29) is 91.2 Å². The summed E-state index contributed by atoms with van der Waals surface area (Å²) in [5.74, 6) is -5.70. The molecule has 0 spiro atoms. The van der Waals surface area contributed by atoms with Gasteiger partial charge in [0.25, 0.3) is 17.7 Å². The molecular formula is C48H39F9N6O9Sm. The molecule has 0 atom stereocenters. The van der Waals surface area contributed by atoms with Crippen molar-refractivity contribution in [2.75, 3.05) is 19.6 Å². The van der Waals surface area contributed by atoms with Crippen molar-refractivity contribution < 1.29 is 124 Å². The van der Waals surface area contributed by atoms with E-state index in [2.05, 4.69) is 30.9 Å². The average Bonchev–Trinajstić information content (AvgIpc) is 3.33. The van der Waals surface area contributed by atoms with E-state index in [0.717, 1.165) is 36.4 Å². The SMILES string of the molecule is CCNC(=O)c1cc(-c2ccc(C(F)(F)F)cc2)cc(C(=O)O)n1.CCNC(=O)c1cc(-c2ccc(C(F)(F)F)cc2)cc(C(=O)O)n1.CCNC(=O)c1cc(-c2ccc(C(F)(F)F)cc2)cc(C(=O)O)n1.[Sm]. The van der Waals surface area contributed by atoms with E-state index in [1.807, 2.05) is 0 Å². The number of amides is 3. The van der Waals surface area contributed by atoms with Gasteiger partial charge in [-0.1, -0.05) is 36.4 Å². The number of hydrogen-bond donors (Lipinski definition) is 6. The van der Waals surface area contributed by atoms with Crippen LogP contribution in [-0.2, 0) is 18.5 Å². The van der Waals surface area contributed by atoms with Crippen molar-refractivity contribution >= 4 is 35.6 Å². The van der Waals surface area contributed by atoms with Crippen LogP contribution in [0.2, 0.25) is 0 Å². The van der Waals surface area contributed by atoms with Crippen molar-refractivity contribution in [3.63, 3.8) is 0 Å². The minimum atomic E-state index is -4.46. The Bertz CT molecular complexity index is 2640. The van der Waals surface area contributed by atoms with Gasteiger partial charge in [0, 0.05) is 60.0 Å². The van der Waals surface area contributed by atoms with Gasteiger partial charge in [-0.2, -0.15) is 39.5 Å². The summed E-state index contributed by atoms with van der Waals surface area (Å²) in [5.41, 5.74) is -2.00. The zero-order valence-electron chi connectivity index (χ0n) is 38.0. The molecule has 3 heterocycles. The van der Waals surface area contributed by atoms with Crippen molar-refractivity contribution in [3.05, 3.63) is 160 Å². The Morgan fingerprint density at radius 2 is 0.562 bits per heavy atom. The Kier molecular flexibility index (Phi) is 21.2. The first-order chi connectivity index (χ1) is 33.7. The molecule has 3 aromatic heterocycles. The number of hydrogen-bond acceptors (Lipinski definition) is 9. The maximum Gasteiger partial charge on any atom is 0.416 e. The summed E-state index contributed by atoms with van der Waals surface area (Å²) in [6.07, 6.45) is -13.4. The maximum absolute atomic E-state index is 12.6. The van der Waals surface area contributed by atoms with E-state index < -0.39 is 70.8 Å². The molecule has 0 fully saturated rings. The summed E-state index contributed by atoms with van der Waals surface area (Å²) in [6, 6.07) is 20.2. The normalized spacial score (nSPS) is 11.0. The van der Waals surface area contributed by atoms with Crippen LogP contribution in [-0.4, -0.2) is 85.5 Å². The second-order valence-electron chi connectivity index (χ2n) is 14.6. The second kappa shape index (κ2) is 25.8. The zero-order valence-corrected chi connectivity index (χ0v) is 40.6. The second-order valence-corrected chi connectivity index (χ2v) is 14.6. The quantitative estimate of drug-likeness (QED) is 0.0628. The molecular weight excluding hydrogens is 1130 g/mol. The van der Waals surface area contributed by atoms with Gasteiger partial charge in [-0.05, 0) is 127 Å². The minimum Gasteiger partial charge on any atom is -0.477 e. The van der Waals surface area contributed by atoms with Crippen molar-refractivity contribution in [1.82, 2.24) is 30.9 Å². The summed E-state index contributed by atoms with van der Waals surface area (Å²) in [5, 5.41) is 34.8. The molecule has 6 N–H and O–H groups in total. The number of nitrogens with one attached hydrogen (secondary N) is 3. The fourth-order valence-electron chi connectivity index (χ4n) is 6.08. The number of aromatic nitrogens is 3. The van der Waals surface area contributed by atoms with Crippen LogP contribution in [0.5, 0.6) is 0 Å². The number of benzene rings is 3. The Balaban J connectivity index is 0.000000287. The van der Waals surface area contributed by atoms with Gasteiger partial charge in [0.15, 0.2) is 0 Å². The van der Waals surface area contributed by atoms with Gasteiger partial charge in [0.05, 0.1) is 16.7 Å². The molecule has 6 rings (SSSR count). The van der Waals surface area contributed by atoms with E-state index in [4.69, 9.17) is 15.3 Å². The molecule has 0 aliphatic heterocycles. The van der Waals surface area contributed by atoms with Crippen LogP contribution in [0.25, 0.3) is 33.4 Å². The smallest absolute Gasteiger partial charge is 0.416 e. The maximum atomic E-state index is 12.6. The molecule has 25 heteroatoms. The number of rotatable bonds is 12. The molecule has 0 unspecified atom stereocenters. The Labute approximate surface area is 440 Å². The Morgan fingerprint density at radius 1 is 0.370 bits per heavy atom. The van der Waals surface area contributed by atoms with Crippen LogP contribution >= 0.6 is 0 Å². The number of pyridine rings is 3. The minimum absolute atomic E-state index is 0. The summed E-state index contributed by atoms with van der Waals surface area (Å²) in [7, 11) is 0. The van der Waals surface area contributed by atoms with E-state index in [0.29, 0.717) is 36.3 Å². The van der Waals surface area contributed by atoms with Crippen LogP contribution in [0.3, 0.4) is 0 Å². The molecule has 15 nitrogen and oxygen atoms in total. The molecule has 0 saturated heterocycles. The van der Waals surface area contributed by atoms with Crippen molar-refractivity contribution in [2.24, 2.45) is 0 Å². The zero-order chi connectivity index (χ0) is 53.7. The van der Waals surface area contributed by atoms with Gasteiger partial charge in [-0.15, -0.1) is 0 Å². The predicted molar refractivity (Wildman–Crippen MR) is 239 cm³/mol. The van der Waals surface area contributed by atoms with Gasteiger partial charge < -0.3 is 31.3 Å². The first-order valence-electron chi connectivity index (χ1n) is 20.8. The number of aromatic carboxylic acids is 3. The Morgan fingerprint density at radius 3 is 0.726 bits per heavy atom. The summed E-state index contributed by atoms with van der Waals surface area (Å²) in [4.78, 5) is 80.3. The topological polar surface area (TPSA) is 238 Å². The van der Waals surface area contributed by atoms with E-state index in [1.165, 1.54) is 72.8 Å². The van der Waals surface area contributed by atoms with Gasteiger partial charge in [0.2, 0.25) is 0 Å². The van der Waals surface area contributed by atoms with Crippen LogP contribution in [0.1, 0.15) is 100 Å². The molecule has 0 bridgehead atoms. The van der Waals surface area contributed by atoms with Gasteiger partial charge in [-0.25, -0.2) is 29.3 Å². The summed E-state index contributed by atoms with van der Waals surface area (Å²) in [6.45, 7) is 6.05. The van der Waals surface area contributed by atoms with Crippen LogP contribution < -0.4 is 16.0 Å². The fraction of sp³-hybridized carbons (Fsp3) is 0.188. The first-order valence-corrected chi connectivity index (χ1v) is 20.8. The van der Waals surface area contributed by atoms with E-state index in [1.54, 1.807) is 20.8 Å². The fourth-order valence-corrected chi connectivity index (χ4v) is 6.08. The monoisotopic (exact) mass is 1170 g/mol. The van der Waals surface area contributed by atoms with Crippen molar-refractivity contribution in [2.45, 2.75) is 39.3 Å². The number of halogens is 9. The molecule has 384 valence electrons. The summed E-state index contributed by atoms with van der Waals surface area (Å²) < 4.78 is 113. The average molecular weight is 1170 g/mol. The van der Waals surface area contributed by atoms with Crippen LogP contribution in [0.15, 0.2) is 109 Å². The first kappa shape index (κ1) is 59.9. The third-order valence-electron chi connectivity index (χ3n) is 9.48. The third kappa shape index (κ3) is 17.1. The Hall–Kier alpha value is -7.36. The molecule has 6 aromatic rings. The number of carbonyl (C=O) groups excluding carboxylic acids is 3. The molecule has 0 aliphatic rings. The molecule has 0 saturated carbocycles. The van der Waals surface area contributed by atoms with Gasteiger partial charge in [-0.3, -0.25) is 14.4 Å². The predicted octanol–water partition coefficient (Wildman–Crippen LogP) is 9.65. The molecule has 3 amide bonds. The number of alkyl halides is 9. The molecule has 3 aromatic carbocycles. The number of carbonyl (C=O) groups is 6. The third-order valence-corrected chi connectivity index (χ3v) is 9.48. The molecule has 73 heavy (non-hydrogen) atoms. The number of carboxylic acid groups (broad SMARTS) is 3. The van der Waals surface area contributed by atoms with Crippen molar-refractivity contribution in [3.8, 4) is 33.4 Å². The number of carboxylic acids is 3. The van der Waals surface area contributed by atoms with Gasteiger partial charge in [0.1, 0.15) is 34.2 Å². The largest absolute Gasteiger partial charge is 0.477 e. The standard InChI is InChI=1S/3C16H13F3N2O3.Sm/c3*1-2-20-14(22)12-7-10(8-13(21-12)15(23)24)9-3-5-11(6-4-9)16(17,18)19;/h3*3-8H,2H2,1H3,(H,20,22)(H,23,24);. The molecule has 0 aliphatic carbocycles. The van der Waals surface area contributed by atoms with E-state index in [9.17, 15) is 68.3 Å². The van der Waals surface area contributed by atoms with Crippen LogP contribution in [0, 0.1) is 40.4 Å². The van der Waals surface area contributed by atoms with Gasteiger partial charge >= 0.3 is 36.4 Å². The van der Waals surface area contributed by atoms with Crippen LogP contribution in [0.4, 0.5) is 39.5 Å². The number of nitrogens with zero attached hydrogens (tertiary/aromatic N) is 3. The summed E-state index contributed by atoms with van der Waals surface area (Å²) >= 11 is 0. The molecule has 0 radical (unpaired) electrons. The van der Waals surface area contributed by atoms with Crippen molar-refractivity contribution in [1.29, 1.82) is 0 Å².